The molecule has 0 atom stereocenters. The second-order valence-corrected chi connectivity index (χ2v) is 5.56. The van der Waals surface area contributed by atoms with E-state index in [1.807, 2.05) is 0 Å². The van der Waals surface area contributed by atoms with Crippen LogP contribution in [0.3, 0.4) is 0 Å². The third-order valence-corrected chi connectivity index (χ3v) is 4.25. The Balaban J connectivity index is 1.99. The highest BCUT2D eigenvalue weighted by Crippen LogP contribution is 2.28. The van der Waals surface area contributed by atoms with Crippen molar-refractivity contribution in [3.05, 3.63) is 50.0 Å². The molecule has 2 aromatic heterocycles. The zero-order valence-electron chi connectivity index (χ0n) is 11.9. The Hall–Kier alpha value is -2.08. The molecular formula is C14H14ClN3O3. The Morgan fingerprint density at radius 1 is 1.38 bits per heavy atom. The number of fused-ring (bicyclic) bond motifs is 1. The SMILES string of the molecule is Cc1coc(C(=O)N2Cc3c(C)c(Cl)c(=O)n(C)c3C2)n1. The molecule has 110 valence electrons. The van der Waals surface area contributed by atoms with Gasteiger partial charge in [0.25, 0.3) is 11.4 Å². The molecule has 0 spiro atoms. The summed E-state index contributed by atoms with van der Waals surface area (Å²) < 4.78 is 6.65. The molecule has 3 rings (SSSR count). The third-order valence-electron chi connectivity index (χ3n) is 3.81. The summed E-state index contributed by atoms with van der Waals surface area (Å²) in [5, 5.41) is 0.206. The van der Waals surface area contributed by atoms with E-state index in [1.165, 1.54) is 10.8 Å². The Labute approximate surface area is 126 Å². The average molecular weight is 308 g/mol. The molecule has 0 bridgehead atoms. The zero-order chi connectivity index (χ0) is 15.3. The molecule has 0 saturated heterocycles. The van der Waals surface area contributed by atoms with Gasteiger partial charge in [-0.05, 0) is 25.0 Å². The quantitative estimate of drug-likeness (QED) is 0.805. The maximum absolute atomic E-state index is 12.4. The molecule has 6 nitrogen and oxygen atoms in total. The van der Waals surface area contributed by atoms with Gasteiger partial charge in [-0.3, -0.25) is 9.59 Å². The van der Waals surface area contributed by atoms with Crippen molar-refractivity contribution in [2.75, 3.05) is 0 Å². The fraction of sp³-hybridized carbons (Fsp3) is 0.357. The van der Waals surface area contributed by atoms with E-state index in [0.29, 0.717) is 18.8 Å². The van der Waals surface area contributed by atoms with Crippen LogP contribution in [0.4, 0.5) is 0 Å². The van der Waals surface area contributed by atoms with Crippen LogP contribution >= 0.6 is 11.6 Å². The second kappa shape index (κ2) is 4.73. The first kappa shape index (κ1) is 13.9. The van der Waals surface area contributed by atoms with Crippen molar-refractivity contribution in [1.29, 1.82) is 0 Å². The predicted octanol–water partition coefficient (Wildman–Crippen LogP) is 1.80. The Morgan fingerprint density at radius 2 is 2.10 bits per heavy atom. The largest absolute Gasteiger partial charge is 0.441 e. The van der Waals surface area contributed by atoms with Gasteiger partial charge in [0.1, 0.15) is 11.3 Å². The molecule has 0 fully saturated rings. The number of aryl methyl sites for hydroxylation is 1. The van der Waals surface area contributed by atoms with Crippen LogP contribution in [0.25, 0.3) is 0 Å². The van der Waals surface area contributed by atoms with Gasteiger partial charge in [-0.1, -0.05) is 11.6 Å². The number of amides is 1. The molecule has 0 unspecified atom stereocenters. The van der Waals surface area contributed by atoms with Crippen LogP contribution in [0.15, 0.2) is 15.5 Å². The average Bonchev–Trinajstić information content (AvgIpc) is 3.08. The van der Waals surface area contributed by atoms with Gasteiger partial charge in [0.05, 0.1) is 12.2 Å². The Morgan fingerprint density at radius 3 is 2.71 bits per heavy atom. The van der Waals surface area contributed by atoms with Crippen molar-refractivity contribution in [2.45, 2.75) is 26.9 Å². The molecule has 2 aromatic rings. The van der Waals surface area contributed by atoms with Crippen molar-refractivity contribution in [3.63, 3.8) is 0 Å². The number of aromatic nitrogens is 2. The Bertz CT molecular complexity index is 807. The first-order chi connectivity index (χ1) is 9.90. The first-order valence-electron chi connectivity index (χ1n) is 6.48. The number of oxazole rings is 1. The number of hydrogen-bond acceptors (Lipinski definition) is 4. The lowest BCUT2D eigenvalue weighted by Gasteiger charge is -2.12. The number of hydrogen-bond donors (Lipinski definition) is 0. The van der Waals surface area contributed by atoms with Crippen LogP contribution in [-0.4, -0.2) is 20.4 Å². The smallest absolute Gasteiger partial charge is 0.310 e. The van der Waals surface area contributed by atoms with Crippen molar-refractivity contribution in [3.8, 4) is 0 Å². The van der Waals surface area contributed by atoms with Gasteiger partial charge in [-0.25, -0.2) is 4.98 Å². The van der Waals surface area contributed by atoms with Gasteiger partial charge in [0, 0.05) is 19.3 Å². The summed E-state index contributed by atoms with van der Waals surface area (Å²) in [6.07, 6.45) is 1.44. The van der Waals surface area contributed by atoms with Crippen molar-refractivity contribution in [1.82, 2.24) is 14.5 Å². The second-order valence-electron chi connectivity index (χ2n) is 5.18. The van der Waals surface area contributed by atoms with Crippen LogP contribution in [0, 0.1) is 13.8 Å². The summed E-state index contributed by atoms with van der Waals surface area (Å²) in [4.78, 5) is 30.0. The van der Waals surface area contributed by atoms with Crippen LogP contribution < -0.4 is 5.56 Å². The minimum Gasteiger partial charge on any atom is -0.441 e. The third kappa shape index (κ3) is 2.06. The number of carbonyl (C=O) groups is 1. The van der Waals surface area contributed by atoms with E-state index in [9.17, 15) is 9.59 Å². The molecule has 0 radical (unpaired) electrons. The standard InChI is InChI=1S/C14H14ClN3O3/c1-7-6-21-12(16-7)14(20)18-4-9-8(2)11(15)13(19)17(3)10(9)5-18/h6H,4-5H2,1-3H3. The van der Waals surface area contributed by atoms with Crippen LogP contribution in [0.1, 0.15) is 33.2 Å². The van der Waals surface area contributed by atoms with E-state index in [-0.39, 0.29) is 22.4 Å². The lowest BCUT2D eigenvalue weighted by molar-refractivity contribution is 0.0709. The summed E-state index contributed by atoms with van der Waals surface area (Å²) in [7, 11) is 1.66. The predicted molar refractivity (Wildman–Crippen MR) is 76.2 cm³/mol. The number of nitrogens with zero attached hydrogens (tertiary/aromatic N) is 3. The first-order valence-corrected chi connectivity index (χ1v) is 6.86. The lowest BCUT2D eigenvalue weighted by atomic mass is 10.1. The van der Waals surface area contributed by atoms with E-state index in [1.54, 1.807) is 25.8 Å². The number of carbonyl (C=O) groups excluding carboxylic acids is 1. The fourth-order valence-electron chi connectivity index (χ4n) is 2.55. The highest BCUT2D eigenvalue weighted by molar-refractivity contribution is 6.31. The minimum absolute atomic E-state index is 0.0639. The maximum Gasteiger partial charge on any atom is 0.310 e. The molecular weight excluding hydrogens is 294 g/mol. The maximum atomic E-state index is 12.4. The summed E-state index contributed by atoms with van der Waals surface area (Å²) in [6, 6.07) is 0. The molecule has 1 aliphatic rings. The van der Waals surface area contributed by atoms with E-state index in [4.69, 9.17) is 16.0 Å². The highest BCUT2D eigenvalue weighted by atomic mass is 35.5. The molecule has 21 heavy (non-hydrogen) atoms. The molecule has 0 N–H and O–H groups in total. The van der Waals surface area contributed by atoms with Gasteiger partial charge >= 0.3 is 5.91 Å². The van der Waals surface area contributed by atoms with E-state index in [2.05, 4.69) is 4.98 Å². The highest BCUT2D eigenvalue weighted by Gasteiger charge is 2.31. The van der Waals surface area contributed by atoms with E-state index < -0.39 is 0 Å². The van der Waals surface area contributed by atoms with Crippen LogP contribution in [-0.2, 0) is 20.1 Å². The van der Waals surface area contributed by atoms with Gasteiger partial charge in [-0.15, -0.1) is 0 Å². The molecule has 1 aliphatic heterocycles. The number of rotatable bonds is 1. The normalized spacial score (nSPS) is 13.6. The fourth-order valence-corrected chi connectivity index (χ4v) is 2.79. The van der Waals surface area contributed by atoms with Crippen molar-refractivity contribution >= 4 is 17.5 Å². The van der Waals surface area contributed by atoms with Gasteiger partial charge in [-0.2, -0.15) is 0 Å². The Kier molecular flexibility index (Phi) is 3.13. The number of pyridine rings is 1. The monoisotopic (exact) mass is 307 g/mol. The van der Waals surface area contributed by atoms with E-state index >= 15 is 0 Å². The zero-order valence-corrected chi connectivity index (χ0v) is 12.7. The molecule has 0 aromatic carbocycles. The summed E-state index contributed by atoms with van der Waals surface area (Å²) in [5.74, 6) is -0.226. The van der Waals surface area contributed by atoms with Gasteiger partial charge in [0.2, 0.25) is 0 Å². The molecule has 1 amide bonds. The summed E-state index contributed by atoms with van der Waals surface area (Å²) in [5.41, 5.74) is 2.86. The summed E-state index contributed by atoms with van der Waals surface area (Å²) >= 11 is 6.05. The lowest BCUT2D eigenvalue weighted by Crippen LogP contribution is -2.26. The topological polar surface area (TPSA) is 68.3 Å². The van der Waals surface area contributed by atoms with Crippen molar-refractivity contribution < 1.29 is 9.21 Å². The van der Waals surface area contributed by atoms with Crippen LogP contribution in [0.5, 0.6) is 0 Å². The minimum atomic E-state index is -0.290. The van der Waals surface area contributed by atoms with Gasteiger partial charge < -0.3 is 13.9 Å². The molecule has 0 aliphatic carbocycles. The molecule has 7 heteroatoms. The molecule has 0 saturated carbocycles. The van der Waals surface area contributed by atoms with E-state index in [0.717, 1.165) is 16.8 Å². The van der Waals surface area contributed by atoms with Gasteiger partial charge in [0.15, 0.2) is 0 Å². The molecule has 3 heterocycles. The van der Waals surface area contributed by atoms with Crippen molar-refractivity contribution in [2.24, 2.45) is 7.05 Å². The summed E-state index contributed by atoms with van der Waals surface area (Å²) in [6.45, 7) is 4.30. The van der Waals surface area contributed by atoms with Crippen LogP contribution in [0.2, 0.25) is 5.02 Å². The number of halogens is 1.